The molecule has 7 nitrogen and oxygen atoms in total. The highest BCUT2D eigenvalue weighted by Gasteiger charge is 2.28. The predicted molar refractivity (Wildman–Crippen MR) is 163 cm³/mol. The van der Waals surface area contributed by atoms with E-state index in [-0.39, 0.29) is 23.4 Å². The molecule has 42 heavy (non-hydrogen) atoms. The van der Waals surface area contributed by atoms with Crippen molar-refractivity contribution in [2.24, 2.45) is 11.8 Å². The standard InChI is InChI=1S/C35H35N3O4/c1-4-6-23-8-12-26(13-9-23)34(39)41-30-20-21-31(42-35(40)27-14-10-24(7-5-2)11-15-27)33-32(30)37-22-29(38-33)25-16-18-28(36-3)19-17-25/h8-9,12-13,16-22,24,27H,4-7,10-11,14-15H2,1-2H3. The van der Waals surface area contributed by atoms with Gasteiger partial charge in [0, 0.05) is 0 Å². The first-order valence-electron chi connectivity index (χ1n) is 14.8. The normalized spacial score (nSPS) is 16.5. The fourth-order valence-corrected chi connectivity index (χ4v) is 5.60. The van der Waals surface area contributed by atoms with Gasteiger partial charge in [0.15, 0.2) is 17.2 Å². The Kier molecular flexibility index (Phi) is 9.23. The second-order valence-corrected chi connectivity index (χ2v) is 10.9. The third kappa shape index (κ3) is 6.66. The molecule has 3 aromatic carbocycles. The van der Waals surface area contributed by atoms with E-state index in [1.54, 1.807) is 54.7 Å². The Hall–Kier alpha value is -4.57. The summed E-state index contributed by atoms with van der Waals surface area (Å²) in [5, 5.41) is 0. The predicted octanol–water partition coefficient (Wildman–Crippen LogP) is 8.53. The Morgan fingerprint density at radius 1 is 0.857 bits per heavy atom. The van der Waals surface area contributed by atoms with Gasteiger partial charge in [-0.2, -0.15) is 0 Å². The first-order chi connectivity index (χ1) is 20.5. The van der Waals surface area contributed by atoms with Crippen molar-refractivity contribution in [3.05, 3.63) is 89.4 Å². The maximum Gasteiger partial charge on any atom is 0.343 e. The van der Waals surface area contributed by atoms with Gasteiger partial charge in [0.2, 0.25) is 0 Å². The minimum Gasteiger partial charge on any atom is -0.424 e. The summed E-state index contributed by atoms with van der Waals surface area (Å²) in [4.78, 5) is 39.1. The van der Waals surface area contributed by atoms with Crippen LogP contribution in [0.5, 0.6) is 11.5 Å². The lowest BCUT2D eigenvalue weighted by atomic mass is 9.80. The molecule has 1 heterocycles. The fourth-order valence-electron chi connectivity index (χ4n) is 5.60. The molecular weight excluding hydrogens is 526 g/mol. The molecule has 0 radical (unpaired) electrons. The number of carbonyl (C=O) groups excluding carboxylic acids is 2. The van der Waals surface area contributed by atoms with Crippen molar-refractivity contribution in [2.75, 3.05) is 0 Å². The number of hydrogen-bond acceptors (Lipinski definition) is 6. The Morgan fingerprint density at radius 3 is 2.19 bits per heavy atom. The van der Waals surface area contributed by atoms with Crippen LogP contribution in [0.3, 0.4) is 0 Å². The summed E-state index contributed by atoms with van der Waals surface area (Å²) >= 11 is 0. The molecule has 0 spiro atoms. The molecule has 0 amide bonds. The topological polar surface area (TPSA) is 82.7 Å². The van der Waals surface area contributed by atoms with Crippen molar-refractivity contribution in [3.63, 3.8) is 0 Å². The van der Waals surface area contributed by atoms with Crippen LogP contribution >= 0.6 is 0 Å². The molecule has 0 unspecified atom stereocenters. The zero-order chi connectivity index (χ0) is 29.5. The van der Waals surface area contributed by atoms with Gasteiger partial charge >= 0.3 is 11.9 Å². The number of carbonyl (C=O) groups is 2. The number of aryl methyl sites for hydroxylation is 1. The molecule has 1 fully saturated rings. The Bertz CT molecular complexity index is 1600. The number of nitrogens with zero attached hydrogens (tertiary/aromatic N) is 3. The number of rotatable bonds is 9. The van der Waals surface area contributed by atoms with Crippen LogP contribution in [-0.2, 0) is 11.2 Å². The molecule has 5 rings (SSSR count). The quantitative estimate of drug-likeness (QED) is 0.116. The zero-order valence-electron chi connectivity index (χ0n) is 24.1. The monoisotopic (exact) mass is 561 g/mol. The molecule has 0 bridgehead atoms. The molecule has 0 N–H and O–H groups in total. The van der Waals surface area contributed by atoms with Gasteiger partial charge in [0.1, 0.15) is 11.0 Å². The smallest absolute Gasteiger partial charge is 0.343 e. The lowest BCUT2D eigenvalue weighted by Gasteiger charge is -2.27. The SMILES string of the molecule is [C-]#[N+]c1ccc(-c2cnc3c(OC(=O)c4ccc(CCC)cc4)ccc(OC(=O)C4CCC(CCC)CC4)c3n2)cc1. The van der Waals surface area contributed by atoms with E-state index < -0.39 is 5.97 Å². The van der Waals surface area contributed by atoms with Gasteiger partial charge in [0.25, 0.3) is 0 Å². The fraction of sp³-hybridized carbons (Fsp3) is 0.343. The van der Waals surface area contributed by atoms with Gasteiger partial charge in [-0.1, -0.05) is 69.5 Å². The molecule has 0 saturated heterocycles. The maximum absolute atomic E-state index is 13.2. The summed E-state index contributed by atoms with van der Waals surface area (Å²) in [5.41, 5.74) is 4.08. The Morgan fingerprint density at radius 2 is 1.55 bits per heavy atom. The third-order valence-corrected chi connectivity index (χ3v) is 7.94. The highest BCUT2D eigenvalue weighted by molar-refractivity contribution is 5.96. The van der Waals surface area contributed by atoms with Crippen LogP contribution in [0.25, 0.3) is 27.1 Å². The lowest BCUT2D eigenvalue weighted by Crippen LogP contribution is -2.25. The molecule has 1 aromatic heterocycles. The largest absolute Gasteiger partial charge is 0.424 e. The second-order valence-electron chi connectivity index (χ2n) is 10.9. The van der Waals surface area contributed by atoms with Crippen molar-refractivity contribution in [2.45, 2.75) is 65.2 Å². The van der Waals surface area contributed by atoms with Crippen LogP contribution in [-0.4, -0.2) is 21.9 Å². The van der Waals surface area contributed by atoms with Crippen LogP contribution in [0.4, 0.5) is 5.69 Å². The van der Waals surface area contributed by atoms with E-state index in [1.807, 2.05) is 12.1 Å². The lowest BCUT2D eigenvalue weighted by molar-refractivity contribution is -0.140. The summed E-state index contributed by atoms with van der Waals surface area (Å²) in [6, 6.07) is 17.6. The maximum atomic E-state index is 13.2. The number of ether oxygens (including phenoxy) is 2. The van der Waals surface area contributed by atoms with Crippen molar-refractivity contribution in [1.82, 2.24) is 9.97 Å². The molecule has 0 atom stereocenters. The third-order valence-electron chi connectivity index (χ3n) is 7.94. The van der Waals surface area contributed by atoms with Gasteiger partial charge in [-0.3, -0.25) is 4.79 Å². The molecule has 7 heteroatoms. The van der Waals surface area contributed by atoms with Crippen molar-refractivity contribution >= 4 is 28.7 Å². The van der Waals surface area contributed by atoms with E-state index in [4.69, 9.17) is 21.0 Å². The molecule has 214 valence electrons. The van der Waals surface area contributed by atoms with Crippen LogP contribution in [0.15, 0.2) is 66.9 Å². The van der Waals surface area contributed by atoms with Crippen LogP contribution in [0.2, 0.25) is 0 Å². The van der Waals surface area contributed by atoms with Crippen LogP contribution in [0, 0.1) is 18.4 Å². The highest BCUT2D eigenvalue weighted by atomic mass is 16.5. The van der Waals surface area contributed by atoms with E-state index in [9.17, 15) is 9.59 Å². The van der Waals surface area contributed by atoms with Gasteiger partial charge in [-0.05, 0) is 73.4 Å². The first-order valence-corrected chi connectivity index (χ1v) is 14.8. The van der Waals surface area contributed by atoms with Crippen molar-refractivity contribution < 1.29 is 19.1 Å². The summed E-state index contributed by atoms with van der Waals surface area (Å²) in [6.07, 6.45) is 9.62. The average molecular weight is 562 g/mol. The Labute approximate surface area is 246 Å². The van der Waals surface area contributed by atoms with E-state index in [2.05, 4.69) is 23.7 Å². The summed E-state index contributed by atoms with van der Waals surface area (Å²) in [6.45, 7) is 11.5. The van der Waals surface area contributed by atoms with Gasteiger partial charge in [-0.15, -0.1) is 0 Å². The minimum atomic E-state index is -0.506. The number of aromatic nitrogens is 2. The molecule has 1 aliphatic carbocycles. The summed E-state index contributed by atoms with van der Waals surface area (Å²) in [5.74, 6) is 0.264. The van der Waals surface area contributed by atoms with E-state index in [1.165, 1.54) is 6.42 Å². The zero-order valence-corrected chi connectivity index (χ0v) is 24.1. The van der Waals surface area contributed by atoms with E-state index >= 15 is 0 Å². The van der Waals surface area contributed by atoms with Crippen LogP contribution in [0.1, 0.15) is 74.7 Å². The number of hydrogen-bond donors (Lipinski definition) is 0. The minimum absolute atomic E-state index is 0.154. The van der Waals surface area contributed by atoms with Crippen LogP contribution < -0.4 is 9.47 Å². The molecule has 0 aliphatic heterocycles. The van der Waals surface area contributed by atoms with Gasteiger partial charge < -0.3 is 9.47 Å². The summed E-state index contributed by atoms with van der Waals surface area (Å²) < 4.78 is 11.7. The molecule has 4 aromatic rings. The number of esters is 2. The molecule has 1 saturated carbocycles. The van der Waals surface area contributed by atoms with Crippen molar-refractivity contribution in [3.8, 4) is 22.8 Å². The highest BCUT2D eigenvalue weighted by Crippen LogP contribution is 2.36. The number of benzene rings is 3. The first kappa shape index (κ1) is 28.9. The average Bonchev–Trinajstić information content (AvgIpc) is 3.03. The summed E-state index contributed by atoms with van der Waals surface area (Å²) in [7, 11) is 0. The van der Waals surface area contributed by atoms with Crippen molar-refractivity contribution in [1.29, 1.82) is 0 Å². The van der Waals surface area contributed by atoms with E-state index in [0.717, 1.165) is 56.1 Å². The van der Waals surface area contributed by atoms with Gasteiger partial charge in [0.05, 0.1) is 29.9 Å². The van der Waals surface area contributed by atoms with Gasteiger partial charge in [-0.25, -0.2) is 19.6 Å². The Balaban J connectivity index is 1.45. The molecular formula is C35H35N3O4. The second kappa shape index (κ2) is 13.4. The number of fused-ring (bicyclic) bond motifs is 1. The van der Waals surface area contributed by atoms with E-state index in [0.29, 0.717) is 33.9 Å². The molecule has 1 aliphatic rings.